The smallest absolute Gasteiger partial charge is 0.0925 e. The third-order valence-corrected chi connectivity index (χ3v) is 3.64. The number of aromatic nitrogens is 2. The number of anilines is 2. The Morgan fingerprint density at radius 3 is 2.65 bits per heavy atom. The van der Waals surface area contributed by atoms with Gasteiger partial charge in [0.2, 0.25) is 0 Å². The minimum atomic E-state index is 0.742. The minimum absolute atomic E-state index is 0.742. The number of nitrogens with one attached hydrogen (secondary N) is 2. The Labute approximate surface area is 119 Å². The molecule has 5 heteroatoms. The van der Waals surface area contributed by atoms with E-state index in [4.69, 9.17) is 4.74 Å². The number of ether oxygens (including phenoxy) is 1. The van der Waals surface area contributed by atoms with Gasteiger partial charge in [-0.1, -0.05) is 0 Å². The minimum Gasteiger partial charge on any atom is -0.379 e. The Balaban J connectivity index is 1.59. The Morgan fingerprint density at radius 1 is 1.25 bits per heavy atom. The number of hydrogen-bond acceptors (Lipinski definition) is 4. The van der Waals surface area contributed by atoms with Crippen LogP contribution in [-0.2, 0) is 11.3 Å². The summed E-state index contributed by atoms with van der Waals surface area (Å²) in [6.07, 6.45) is 1.73. The van der Waals surface area contributed by atoms with Crippen LogP contribution in [0.1, 0.15) is 11.4 Å². The molecule has 1 aliphatic heterocycles. The molecule has 3 rings (SSSR count). The summed E-state index contributed by atoms with van der Waals surface area (Å²) in [5.41, 5.74) is 4.55. The highest BCUT2D eigenvalue weighted by Gasteiger charge is 2.10. The predicted octanol–water partition coefficient (Wildman–Crippen LogP) is 2.17. The van der Waals surface area contributed by atoms with Crippen molar-refractivity contribution in [3.8, 4) is 0 Å². The van der Waals surface area contributed by atoms with Gasteiger partial charge in [0.15, 0.2) is 0 Å². The normalized spacial score (nSPS) is 15.3. The maximum Gasteiger partial charge on any atom is 0.0925 e. The molecule has 2 aromatic rings. The van der Waals surface area contributed by atoms with Crippen molar-refractivity contribution >= 4 is 11.4 Å². The Bertz CT molecular complexity index is 543. The van der Waals surface area contributed by atoms with E-state index in [1.807, 2.05) is 6.92 Å². The molecule has 1 aliphatic rings. The van der Waals surface area contributed by atoms with Crippen LogP contribution in [0.3, 0.4) is 0 Å². The van der Waals surface area contributed by atoms with Gasteiger partial charge in [-0.3, -0.25) is 0 Å². The van der Waals surface area contributed by atoms with Crippen LogP contribution in [0.4, 0.5) is 11.4 Å². The van der Waals surface area contributed by atoms with Crippen LogP contribution in [0.5, 0.6) is 0 Å². The summed E-state index contributed by atoms with van der Waals surface area (Å²) in [5.74, 6) is 0. The van der Waals surface area contributed by atoms with Crippen molar-refractivity contribution in [2.24, 2.45) is 0 Å². The number of aromatic amines is 1. The molecular weight excluding hydrogens is 252 g/mol. The lowest BCUT2D eigenvalue weighted by Gasteiger charge is -2.28. The molecule has 1 aromatic carbocycles. The molecule has 0 radical (unpaired) electrons. The van der Waals surface area contributed by atoms with Gasteiger partial charge in [-0.25, -0.2) is 4.98 Å². The first kappa shape index (κ1) is 13.0. The maximum atomic E-state index is 5.37. The molecule has 0 atom stereocenters. The van der Waals surface area contributed by atoms with E-state index in [9.17, 15) is 0 Å². The first-order chi connectivity index (χ1) is 9.83. The zero-order valence-electron chi connectivity index (χ0n) is 11.7. The fraction of sp³-hybridized carbons (Fsp3) is 0.400. The first-order valence-corrected chi connectivity index (χ1v) is 6.98. The van der Waals surface area contributed by atoms with E-state index >= 15 is 0 Å². The second-order valence-electron chi connectivity index (χ2n) is 4.97. The van der Waals surface area contributed by atoms with E-state index in [1.165, 1.54) is 5.69 Å². The molecule has 2 heterocycles. The SMILES string of the molecule is Cc1[nH]cnc1CNc1ccc(N2CCOCC2)cc1. The van der Waals surface area contributed by atoms with Gasteiger partial charge < -0.3 is 19.9 Å². The third kappa shape index (κ3) is 2.93. The summed E-state index contributed by atoms with van der Waals surface area (Å²) in [4.78, 5) is 9.72. The number of nitrogens with zero attached hydrogens (tertiary/aromatic N) is 2. The van der Waals surface area contributed by atoms with Crippen molar-refractivity contribution in [1.29, 1.82) is 0 Å². The van der Waals surface area contributed by atoms with Gasteiger partial charge in [-0.2, -0.15) is 0 Å². The van der Waals surface area contributed by atoms with Crippen molar-refractivity contribution in [2.75, 3.05) is 36.5 Å². The van der Waals surface area contributed by atoms with E-state index in [-0.39, 0.29) is 0 Å². The van der Waals surface area contributed by atoms with Crippen LogP contribution in [-0.4, -0.2) is 36.3 Å². The molecule has 0 aliphatic carbocycles. The lowest BCUT2D eigenvalue weighted by atomic mass is 10.2. The lowest BCUT2D eigenvalue weighted by Crippen LogP contribution is -2.36. The van der Waals surface area contributed by atoms with Gasteiger partial charge in [-0.05, 0) is 31.2 Å². The van der Waals surface area contributed by atoms with Gasteiger partial charge in [0, 0.05) is 30.2 Å². The van der Waals surface area contributed by atoms with Gasteiger partial charge in [0.05, 0.1) is 31.8 Å². The van der Waals surface area contributed by atoms with Crippen LogP contribution < -0.4 is 10.2 Å². The quantitative estimate of drug-likeness (QED) is 0.895. The van der Waals surface area contributed by atoms with Gasteiger partial charge in [0.1, 0.15) is 0 Å². The van der Waals surface area contributed by atoms with Gasteiger partial charge >= 0.3 is 0 Å². The number of H-pyrrole nitrogens is 1. The molecule has 0 amide bonds. The molecule has 1 aromatic heterocycles. The Morgan fingerprint density at radius 2 is 2.00 bits per heavy atom. The maximum absolute atomic E-state index is 5.37. The molecular formula is C15H20N4O. The van der Waals surface area contributed by atoms with Gasteiger partial charge in [0.25, 0.3) is 0 Å². The number of hydrogen-bond donors (Lipinski definition) is 2. The topological polar surface area (TPSA) is 53.2 Å². The molecule has 20 heavy (non-hydrogen) atoms. The molecule has 2 N–H and O–H groups in total. The van der Waals surface area contributed by atoms with Gasteiger partial charge in [-0.15, -0.1) is 0 Å². The third-order valence-electron chi connectivity index (χ3n) is 3.64. The first-order valence-electron chi connectivity index (χ1n) is 6.98. The number of morpholine rings is 1. The van der Waals surface area contributed by atoms with Crippen molar-refractivity contribution in [3.63, 3.8) is 0 Å². The van der Waals surface area contributed by atoms with E-state index in [2.05, 4.69) is 44.5 Å². The molecule has 0 unspecified atom stereocenters. The van der Waals surface area contributed by atoms with Crippen molar-refractivity contribution in [1.82, 2.24) is 9.97 Å². The average molecular weight is 272 g/mol. The Hall–Kier alpha value is -2.01. The van der Waals surface area contributed by atoms with Crippen LogP contribution in [0.25, 0.3) is 0 Å². The fourth-order valence-corrected chi connectivity index (χ4v) is 2.36. The zero-order valence-corrected chi connectivity index (χ0v) is 11.7. The highest BCUT2D eigenvalue weighted by Crippen LogP contribution is 2.19. The molecule has 5 nitrogen and oxygen atoms in total. The Kier molecular flexibility index (Phi) is 3.87. The van der Waals surface area contributed by atoms with Crippen molar-refractivity contribution in [2.45, 2.75) is 13.5 Å². The number of benzene rings is 1. The summed E-state index contributed by atoms with van der Waals surface area (Å²) in [6, 6.07) is 8.55. The second kappa shape index (κ2) is 5.96. The van der Waals surface area contributed by atoms with Crippen LogP contribution >= 0.6 is 0 Å². The van der Waals surface area contributed by atoms with Crippen LogP contribution in [0, 0.1) is 6.92 Å². The molecule has 106 valence electrons. The van der Waals surface area contributed by atoms with Crippen molar-refractivity contribution < 1.29 is 4.74 Å². The largest absolute Gasteiger partial charge is 0.379 e. The second-order valence-corrected chi connectivity index (χ2v) is 4.97. The standard InChI is InChI=1S/C15H20N4O/c1-12-15(18-11-17-12)10-16-13-2-4-14(5-3-13)19-6-8-20-9-7-19/h2-5,11,16H,6-10H2,1H3,(H,17,18). The van der Waals surface area contributed by atoms with E-state index < -0.39 is 0 Å². The van der Waals surface area contributed by atoms with E-state index in [1.54, 1.807) is 6.33 Å². The highest BCUT2D eigenvalue weighted by atomic mass is 16.5. The van der Waals surface area contributed by atoms with Crippen molar-refractivity contribution in [3.05, 3.63) is 42.0 Å². The zero-order chi connectivity index (χ0) is 13.8. The fourth-order valence-electron chi connectivity index (χ4n) is 2.36. The average Bonchev–Trinajstić information content (AvgIpc) is 2.92. The van der Waals surface area contributed by atoms with E-state index in [0.717, 1.165) is 49.9 Å². The van der Waals surface area contributed by atoms with Crippen LogP contribution in [0.15, 0.2) is 30.6 Å². The number of imidazole rings is 1. The van der Waals surface area contributed by atoms with Crippen LogP contribution in [0.2, 0.25) is 0 Å². The summed E-state index contributed by atoms with van der Waals surface area (Å²) < 4.78 is 5.37. The summed E-state index contributed by atoms with van der Waals surface area (Å²) in [7, 11) is 0. The molecule has 1 fully saturated rings. The number of rotatable bonds is 4. The monoisotopic (exact) mass is 272 g/mol. The number of aryl methyl sites for hydroxylation is 1. The summed E-state index contributed by atoms with van der Waals surface area (Å²) >= 11 is 0. The van der Waals surface area contributed by atoms with E-state index in [0.29, 0.717) is 0 Å². The lowest BCUT2D eigenvalue weighted by molar-refractivity contribution is 0.122. The molecule has 0 spiro atoms. The predicted molar refractivity (Wildman–Crippen MR) is 80.1 cm³/mol. The summed E-state index contributed by atoms with van der Waals surface area (Å²) in [6.45, 7) is 6.35. The molecule has 1 saturated heterocycles. The molecule has 0 bridgehead atoms. The summed E-state index contributed by atoms with van der Waals surface area (Å²) in [5, 5.41) is 3.39. The molecule has 0 saturated carbocycles. The highest BCUT2D eigenvalue weighted by molar-refractivity contribution is 5.55.